The van der Waals surface area contributed by atoms with E-state index in [1.54, 1.807) is 0 Å². The first-order valence-electron chi connectivity index (χ1n) is 10.4. The first-order valence-corrected chi connectivity index (χ1v) is 11.2. The SMILES string of the molecule is CC(C)c1snnc1C(=O)NC1CC2(CCN(CCc3ccccc3)CC2)C1. The van der Waals surface area contributed by atoms with Crippen molar-refractivity contribution >= 4 is 17.4 Å². The van der Waals surface area contributed by atoms with E-state index in [-0.39, 0.29) is 11.8 Å². The Balaban J connectivity index is 1.21. The van der Waals surface area contributed by atoms with Crippen LogP contribution in [0.4, 0.5) is 0 Å². The summed E-state index contributed by atoms with van der Waals surface area (Å²) in [4.78, 5) is 16.1. The maximum absolute atomic E-state index is 12.6. The second kappa shape index (κ2) is 8.29. The van der Waals surface area contributed by atoms with E-state index in [2.05, 4.69) is 64.0 Å². The van der Waals surface area contributed by atoms with Crippen molar-refractivity contribution in [2.45, 2.75) is 57.9 Å². The Morgan fingerprint density at radius 3 is 2.64 bits per heavy atom. The van der Waals surface area contributed by atoms with Crippen LogP contribution in [0.15, 0.2) is 30.3 Å². The van der Waals surface area contributed by atoms with Gasteiger partial charge in [-0.15, -0.1) is 5.10 Å². The van der Waals surface area contributed by atoms with E-state index in [1.807, 2.05) is 0 Å². The molecular weight excluding hydrogens is 368 g/mol. The zero-order valence-electron chi connectivity index (χ0n) is 16.9. The summed E-state index contributed by atoms with van der Waals surface area (Å²) in [6.45, 7) is 7.67. The molecule has 1 aromatic heterocycles. The van der Waals surface area contributed by atoms with Gasteiger partial charge in [-0.2, -0.15) is 0 Å². The van der Waals surface area contributed by atoms with Gasteiger partial charge in [-0.25, -0.2) is 0 Å². The van der Waals surface area contributed by atoms with E-state index in [1.165, 1.54) is 43.0 Å². The van der Waals surface area contributed by atoms with Crippen LogP contribution < -0.4 is 5.32 Å². The van der Waals surface area contributed by atoms with Crippen LogP contribution in [0, 0.1) is 5.41 Å². The zero-order valence-corrected chi connectivity index (χ0v) is 17.7. The van der Waals surface area contributed by atoms with Gasteiger partial charge in [0.25, 0.3) is 5.91 Å². The first kappa shape index (κ1) is 19.5. The number of nitrogens with one attached hydrogen (secondary N) is 1. The highest BCUT2D eigenvalue weighted by molar-refractivity contribution is 7.05. The number of nitrogens with zero attached hydrogens (tertiary/aromatic N) is 3. The fourth-order valence-corrected chi connectivity index (χ4v) is 5.31. The highest BCUT2D eigenvalue weighted by atomic mass is 32.1. The molecule has 1 N–H and O–H groups in total. The van der Waals surface area contributed by atoms with Crippen LogP contribution >= 0.6 is 11.5 Å². The topological polar surface area (TPSA) is 58.1 Å². The van der Waals surface area contributed by atoms with Gasteiger partial charge in [0, 0.05) is 12.6 Å². The molecule has 0 atom stereocenters. The van der Waals surface area contributed by atoms with Crippen LogP contribution in [-0.2, 0) is 6.42 Å². The Morgan fingerprint density at radius 1 is 1.25 bits per heavy atom. The molecule has 1 aliphatic carbocycles. The summed E-state index contributed by atoms with van der Waals surface area (Å²) >= 11 is 1.34. The van der Waals surface area contributed by atoms with Gasteiger partial charge < -0.3 is 10.2 Å². The molecule has 1 aromatic carbocycles. The molecule has 0 radical (unpaired) electrons. The molecule has 1 saturated heterocycles. The maximum Gasteiger partial charge on any atom is 0.273 e. The van der Waals surface area contributed by atoms with Gasteiger partial charge in [-0.05, 0) is 73.6 Å². The van der Waals surface area contributed by atoms with Gasteiger partial charge in [0.05, 0.1) is 4.88 Å². The highest BCUT2D eigenvalue weighted by Gasteiger charge is 2.46. The number of rotatable bonds is 6. The van der Waals surface area contributed by atoms with E-state index in [0.717, 1.165) is 30.7 Å². The molecule has 1 amide bonds. The van der Waals surface area contributed by atoms with Crippen molar-refractivity contribution in [3.63, 3.8) is 0 Å². The molecule has 1 spiro atoms. The van der Waals surface area contributed by atoms with Crippen molar-refractivity contribution in [2.75, 3.05) is 19.6 Å². The summed E-state index contributed by atoms with van der Waals surface area (Å²) in [6.07, 6.45) is 5.86. The third-order valence-electron chi connectivity index (χ3n) is 6.42. The lowest BCUT2D eigenvalue weighted by atomic mass is 9.60. The molecule has 2 aliphatic rings. The number of benzene rings is 1. The van der Waals surface area contributed by atoms with Gasteiger partial charge in [-0.3, -0.25) is 4.79 Å². The van der Waals surface area contributed by atoms with E-state index in [4.69, 9.17) is 0 Å². The van der Waals surface area contributed by atoms with Crippen LogP contribution in [0.25, 0.3) is 0 Å². The van der Waals surface area contributed by atoms with Gasteiger partial charge in [-0.1, -0.05) is 48.7 Å². The van der Waals surface area contributed by atoms with Gasteiger partial charge in [0.2, 0.25) is 0 Å². The summed E-state index contributed by atoms with van der Waals surface area (Å²) < 4.78 is 3.97. The Labute approximate surface area is 171 Å². The summed E-state index contributed by atoms with van der Waals surface area (Å²) in [5.41, 5.74) is 2.39. The average molecular weight is 399 g/mol. The predicted octanol–water partition coefficient (Wildman–Crippen LogP) is 3.88. The van der Waals surface area contributed by atoms with Crippen molar-refractivity contribution in [3.8, 4) is 0 Å². The summed E-state index contributed by atoms with van der Waals surface area (Å²) in [5.74, 6) is 0.242. The molecule has 150 valence electrons. The van der Waals surface area contributed by atoms with E-state index < -0.39 is 0 Å². The number of aromatic nitrogens is 2. The van der Waals surface area contributed by atoms with E-state index in [0.29, 0.717) is 17.2 Å². The standard InChI is InChI=1S/C22H30N4OS/c1-16(2)20-19(24-25-28-20)21(27)23-18-14-22(15-18)9-12-26(13-10-22)11-8-17-6-4-3-5-7-17/h3-7,16,18H,8-15H2,1-2H3,(H,23,27). The Bertz CT molecular complexity index is 788. The van der Waals surface area contributed by atoms with Gasteiger partial charge in [0.1, 0.15) is 0 Å². The molecule has 1 saturated carbocycles. The number of hydrogen-bond donors (Lipinski definition) is 1. The van der Waals surface area contributed by atoms with Crippen LogP contribution in [0.3, 0.4) is 0 Å². The second-order valence-corrected chi connectivity index (χ2v) is 9.58. The molecule has 5 nitrogen and oxygen atoms in total. The van der Waals surface area contributed by atoms with Crippen LogP contribution in [-0.4, -0.2) is 46.1 Å². The smallest absolute Gasteiger partial charge is 0.273 e. The van der Waals surface area contributed by atoms with Crippen molar-refractivity contribution in [1.29, 1.82) is 0 Å². The fraction of sp³-hybridized carbons (Fsp3) is 0.591. The molecule has 0 unspecified atom stereocenters. The Hall–Kier alpha value is -1.79. The third-order valence-corrected chi connectivity index (χ3v) is 7.45. The van der Waals surface area contributed by atoms with Crippen LogP contribution in [0.5, 0.6) is 0 Å². The molecule has 4 rings (SSSR count). The molecule has 1 aliphatic heterocycles. The van der Waals surface area contributed by atoms with Crippen molar-refractivity contribution < 1.29 is 4.79 Å². The normalized spacial score (nSPS) is 19.7. The molecule has 2 heterocycles. The maximum atomic E-state index is 12.6. The minimum Gasteiger partial charge on any atom is -0.348 e. The number of hydrogen-bond acceptors (Lipinski definition) is 5. The zero-order chi connectivity index (χ0) is 19.6. The number of likely N-dealkylation sites (tertiary alicyclic amines) is 1. The van der Waals surface area contributed by atoms with Gasteiger partial charge >= 0.3 is 0 Å². The molecule has 6 heteroatoms. The quantitative estimate of drug-likeness (QED) is 0.802. The molecule has 0 bridgehead atoms. The van der Waals surface area contributed by atoms with E-state index >= 15 is 0 Å². The number of carbonyl (C=O) groups is 1. The molecule has 2 fully saturated rings. The Morgan fingerprint density at radius 2 is 1.96 bits per heavy atom. The summed E-state index contributed by atoms with van der Waals surface area (Å²) in [6, 6.07) is 11.0. The number of carbonyl (C=O) groups excluding carboxylic acids is 1. The largest absolute Gasteiger partial charge is 0.348 e. The fourth-order valence-electron chi connectivity index (χ4n) is 4.67. The highest BCUT2D eigenvalue weighted by Crippen LogP contribution is 2.49. The minimum absolute atomic E-state index is 0.0439. The summed E-state index contributed by atoms with van der Waals surface area (Å²) in [7, 11) is 0. The lowest BCUT2D eigenvalue weighted by Gasteiger charge is -2.52. The third kappa shape index (κ3) is 4.28. The lowest BCUT2D eigenvalue weighted by molar-refractivity contribution is 0.00720. The average Bonchev–Trinajstić information content (AvgIpc) is 3.17. The molecule has 28 heavy (non-hydrogen) atoms. The summed E-state index contributed by atoms with van der Waals surface area (Å²) in [5, 5.41) is 7.25. The molecule has 2 aromatic rings. The minimum atomic E-state index is -0.0439. The van der Waals surface area contributed by atoms with E-state index in [9.17, 15) is 4.79 Å². The monoisotopic (exact) mass is 398 g/mol. The van der Waals surface area contributed by atoms with Crippen LogP contribution in [0.2, 0.25) is 0 Å². The molecular formula is C22H30N4OS. The van der Waals surface area contributed by atoms with Crippen molar-refractivity contribution in [1.82, 2.24) is 19.8 Å². The first-order chi connectivity index (χ1) is 13.5. The lowest BCUT2D eigenvalue weighted by Crippen LogP contribution is -2.55. The van der Waals surface area contributed by atoms with Crippen molar-refractivity contribution in [3.05, 3.63) is 46.5 Å². The second-order valence-electron chi connectivity index (χ2n) is 8.80. The van der Waals surface area contributed by atoms with Gasteiger partial charge in [0.15, 0.2) is 5.69 Å². The Kier molecular flexibility index (Phi) is 5.78. The van der Waals surface area contributed by atoms with Crippen molar-refractivity contribution in [2.24, 2.45) is 5.41 Å². The number of amides is 1. The van der Waals surface area contributed by atoms with Crippen LogP contribution in [0.1, 0.15) is 66.4 Å². The number of piperidine rings is 1. The predicted molar refractivity (Wildman–Crippen MR) is 113 cm³/mol.